The molecule has 2 aromatic carbocycles. The molecular formula is C28H26N2O6. The van der Waals surface area contributed by atoms with Crippen LogP contribution in [0.25, 0.3) is 0 Å². The quantitative estimate of drug-likeness (QED) is 0.269. The number of hydrogen-bond donors (Lipinski definition) is 0. The van der Waals surface area contributed by atoms with Gasteiger partial charge in [-0.1, -0.05) is 18.2 Å². The van der Waals surface area contributed by atoms with Gasteiger partial charge in [-0.05, 0) is 61.6 Å². The highest BCUT2D eigenvalue weighted by Crippen LogP contribution is 2.53. The molecule has 5 atom stereocenters. The largest absolute Gasteiger partial charge is 0.494 e. The zero-order valence-electron chi connectivity index (χ0n) is 19.8. The number of carbonyl (C=O) groups is 4. The molecule has 6 rings (SSSR count). The number of nitrogens with zero attached hydrogens (tertiary/aromatic N) is 2. The van der Waals surface area contributed by atoms with Gasteiger partial charge in [-0.25, -0.2) is 4.90 Å². The second kappa shape index (κ2) is 8.62. The number of amides is 3. The number of carbonyl (C=O) groups excluding carboxylic acids is 4. The maximum Gasteiger partial charge on any atom is 0.316 e. The van der Waals surface area contributed by atoms with Crippen molar-refractivity contribution in [3.8, 4) is 11.5 Å². The monoisotopic (exact) mass is 486 g/mol. The van der Waals surface area contributed by atoms with Crippen molar-refractivity contribution in [3.63, 3.8) is 0 Å². The van der Waals surface area contributed by atoms with Crippen molar-refractivity contribution in [3.05, 3.63) is 60.7 Å². The SMILES string of the molecule is CCOc1ccc(N2C[C@H](C(=O)Oc3cccc(N4C(=O)[C@@H]5[C@@H](C4=O)[C@H]4C=C[C@@H]5C4)c3)CC2=O)cc1. The molecule has 8 heteroatoms. The summed E-state index contributed by atoms with van der Waals surface area (Å²) in [6.45, 7) is 2.67. The van der Waals surface area contributed by atoms with E-state index in [2.05, 4.69) is 12.2 Å². The smallest absolute Gasteiger partial charge is 0.316 e. The van der Waals surface area contributed by atoms with E-state index in [1.165, 1.54) is 4.90 Å². The van der Waals surface area contributed by atoms with Crippen LogP contribution < -0.4 is 19.3 Å². The minimum absolute atomic E-state index is 0.0496. The predicted molar refractivity (Wildman–Crippen MR) is 130 cm³/mol. The number of fused-ring (bicyclic) bond motifs is 5. The lowest BCUT2D eigenvalue weighted by molar-refractivity contribution is -0.139. The Bertz CT molecular complexity index is 1260. The van der Waals surface area contributed by atoms with Crippen molar-refractivity contribution in [1.29, 1.82) is 0 Å². The summed E-state index contributed by atoms with van der Waals surface area (Å²) in [5.41, 5.74) is 1.10. The van der Waals surface area contributed by atoms with Gasteiger partial charge >= 0.3 is 5.97 Å². The molecule has 2 bridgehead atoms. The highest BCUT2D eigenvalue weighted by molar-refractivity contribution is 6.22. The van der Waals surface area contributed by atoms with Crippen molar-refractivity contribution >= 4 is 35.1 Å². The fourth-order valence-electron chi connectivity index (χ4n) is 6.05. The predicted octanol–water partition coefficient (Wildman–Crippen LogP) is 3.36. The third kappa shape index (κ3) is 3.59. The van der Waals surface area contributed by atoms with Crippen LogP contribution in [0.2, 0.25) is 0 Å². The van der Waals surface area contributed by atoms with Crippen molar-refractivity contribution in [2.45, 2.75) is 19.8 Å². The maximum atomic E-state index is 13.1. The Morgan fingerprint density at radius 2 is 1.61 bits per heavy atom. The van der Waals surface area contributed by atoms with Gasteiger partial charge in [0, 0.05) is 24.7 Å². The molecule has 2 aliphatic carbocycles. The highest BCUT2D eigenvalue weighted by Gasteiger charge is 2.59. The lowest BCUT2D eigenvalue weighted by Gasteiger charge is -2.18. The first-order valence-corrected chi connectivity index (χ1v) is 12.4. The van der Waals surface area contributed by atoms with E-state index < -0.39 is 11.9 Å². The molecule has 3 fully saturated rings. The van der Waals surface area contributed by atoms with Crippen molar-refractivity contribution in [2.75, 3.05) is 23.0 Å². The Labute approximate surface area is 208 Å². The zero-order chi connectivity index (χ0) is 25.0. The Morgan fingerprint density at radius 3 is 2.28 bits per heavy atom. The van der Waals surface area contributed by atoms with Crippen LogP contribution in [0.1, 0.15) is 19.8 Å². The van der Waals surface area contributed by atoms with Crippen molar-refractivity contribution in [2.24, 2.45) is 29.6 Å². The van der Waals surface area contributed by atoms with E-state index in [0.717, 1.165) is 6.42 Å². The number of hydrogen-bond acceptors (Lipinski definition) is 6. The Kier molecular flexibility index (Phi) is 5.39. The number of imide groups is 1. The third-order valence-electron chi connectivity index (χ3n) is 7.68. The molecule has 0 aromatic heterocycles. The molecule has 2 saturated heterocycles. The van der Waals surface area contributed by atoms with Crippen LogP contribution >= 0.6 is 0 Å². The standard InChI is InChI=1S/C28H26N2O6/c1-2-35-21-10-8-19(9-11-21)29-15-18(13-23(29)31)28(34)36-22-5-3-4-20(14-22)30-26(32)24-16-6-7-17(12-16)25(24)27(30)33/h3-11,14,16-18,24-25H,2,12-13,15H2,1H3/t16-,17+,18-,24+,25+/m1/s1. The van der Waals surface area contributed by atoms with E-state index in [-0.39, 0.29) is 60.1 Å². The molecule has 184 valence electrons. The van der Waals surface area contributed by atoms with Gasteiger partial charge in [0.05, 0.1) is 30.0 Å². The number of anilines is 2. The summed E-state index contributed by atoms with van der Waals surface area (Å²) in [6.07, 6.45) is 5.02. The lowest BCUT2D eigenvalue weighted by atomic mass is 9.85. The van der Waals surface area contributed by atoms with Gasteiger partial charge in [-0.2, -0.15) is 0 Å². The van der Waals surface area contributed by atoms with Crippen LogP contribution in [0.3, 0.4) is 0 Å². The normalized spacial score (nSPS) is 28.2. The third-order valence-corrected chi connectivity index (χ3v) is 7.68. The molecule has 4 aliphatic rings. The Morgan fingerprint density at radius 1 is 0.917 bits per heavy atom. The number of rotatable bonds is 6. The summed E-state index contributed by atoms with van der Waals surface area (Å²) in [5, 5.41) is 0. The lowest BCUT2D eigenvalue weighted by Crippen LogP contribution is -2.32. The summed E-state index contributed by atoms with van der Waals surface area (Å²) >= 11 is 0. The van der Waals surface area contributed by atoms with Gasteiger partial charge in [0.2, 0.25) is 17.7 Å². The van der Waals surface area contributed by atoms with Gasteiger partial charge in [-0.3, -0.25) is 19.2 Å². The minimum Gasteiger partial charge on any atom is -0.494 e. The van der Waals surface area contributed by atoms with Crippen LogP contribution in [0, 0.1) is 29.6 Å². The van der Waals surface area contributed by atoms with Gasteiger partial charge in [0.15, 0.2) is 0 Å². The molecule has 0 N–H and O–H groups in total. The van der Waals surface area contributed by atoms with Crippen LogP contribution in [-0.2, 0) is 19.2 Å². The van der Waals surface area contributed by atoms with E-state index in [1.807, 2.05) is 6.92 Å². The average Bonchev–Trinajstić information content (AvgIpc) is 3.63. The minimum atomic E-state index is -0.621. The molecule has 0 radical (unpaired) electrons. The number of esters is 1. The second-order valence-corrected chi connectivity index (χ2v) is 9.76. The average molecular weight is 487 g/mol. The van der Waals surface area contributed by atoms with Gasteiger partial charge in [-0.15, -0.1) is 0 Å². The molecule has 2 aromatic rings. The first-order valence-electron chi connectivity index (χ1n) is 12.4. The molecule has 0 unspecified atom stereocenters. The first-order chi connectivity index (χ1) is 17.4. The van der Waals surface area contributed by atoms with Crippen LogP contribution in [-0.4, -0.2) is 36.8 Å². The van der Waals surface area contributed by atoms with E-state index in [9.17, 15) is 19.2 Å². The van der Waals surface area contributed by atoms with E-state index in [4.69, 9.17) is 9.47 Å². The molecule has 3 amide bonds. The molecule has 36 heavy (non-hydrogen) atoms. The summed E-state index contributed by atoms with van der Waals surface area (Å²) in [5.74, 6) is -1.05. The summed E-state index contributed by atoms with van der Waals surface area (Å²) in [7, 11) is 0. The van der Waals surface area contributed by atoms with Crippen molar-refractivity contribution < 1.29 is 28.7 Å². The van der Waals surface area contributed by atoms with E-state index >= 15 is 0 Å². The maximum absolute atomic E-state index is 13.1. The fourth-order valence-corrected chi connectivity index (χ4v) is 6.05. The van der Waals surface area contributed by atoms with E-state index in [1.54, 1.807) is 53.4 Å². The topological polar surface area (TPSA) is 93.2 Å². The molecule has 2 aliphatic heterocycles. The van der Waals surface area contributed by atoms with Crippen LogP contribution in [0.15, 0.2) is 60.7 Å². The molecule has 2 heterocycles. The summed E-state index contributed by atoms with van der Waals surface area (Å²) in [6, 6.07) is 13.7. The van der Waals surface area contributed by atoms with Gasteiger partial charge < -0.3 is 14.4 Å². The van der Waals surface area contributed by atoms with Gasteiger partial charge in [0.25, 0.3) is 0 Å². The van der Waals surface area contributed by atoms with Gasteiger partial charge in [0.1, 0.15) is 11.5 Å². The second-order valence-electron chi connectivity index (χ2n) is 9.76. The molecule has 8 nitrogen and oxygen atoms in total. The van der Waals surface area contributed by atoms with Crippen LogP contribution in [0.5, 0.6) is 11.5 Å². The zero-order valence-corrected chi connectivity index (χ0v) is 19.8. The summed E-state index contributed by atoms with van der Waals surface area (Å²) in [4.78, 5) is 54.5. The molecule has 0 spiro atoms. The number of benzene rings is 2. The van der Waals surface area contributed by atoms with E-state index in [0.29, 0.717) is 23.7 Å². The fraction of sp³-hybridized carbons (Fsp3) is 0.357. The highest BCUT2D eigenvalue weighted by atomic mass is 16.5. The van der Waals surface area contributed by atoms with Crippen LogP contribution in [0.4, 0.5) is 11.4 Å². The Hall–Kier alpha value is -3.94. The molecule has 1 saturated carbocycles. The van der Waals surface area contributed by atoms with Crippen molar-refractivity contribution in [1.82, 2.24) is 0 Å². The number of ether oxygens (including phenoxy) is 2. The Balaban J connectivity index is 1.14. The number of allylic oxidation sites excluding steroid dienone is 2. The summed E-state index contributed by atoms with van der Waals surface area (Å²) < 4.78 is 11.0. The molecular weight excluding hydrogens is 460 g/mol. The first kappa shape index (κ1) is 22.5.